The van der Waals surface area contributed by atoms with Crippen molar-refractivity contribution >= 4 is 0 Å². The Balaban J connectivity index is 1.82. The van der Waals surface area contributed by atoms with Crippen LogP contribution in [0.15, 0.2) is 91.0 Å². The lowest BCUT2D eigenvalue weighted by atomic mass is 9.79. The summed E-state index contributed by atoms with van der Waals surface area (Å²) >= 11 is 0. The van der Waals surface area contributed by atoms with Gasteiger partial charge in [-0.1, -0.05) is 105 Å². The zero-order valence-electron chi connectivity index (χ0n) is 19.9. The van der Waals surface area contributed by atoms with Gasteiger partial charge in [-0.05, 0) is 36.5 Å². The fourth-order valence-corrected chi connectivity index (χ4v) is 4.56. The maximum absolute atomic E-state index is 11.9. The van der Waals surface area contributed by atoms with Crippen LogP contribution in [0.5, 0.6) is 0 Å². The van der Waals surface area contributed by atoms with Gasteiger partial charge in [-0.25, -0.2) is 0 Å². The molecule has 1 heterocycles. The zero-order valence-corrected chi connectivity index (χ0v) is 19.9. The van der Waals surface area contributed by atoms with Crippen molar-refractivity contribution in [2.24, 2.45) is 5.92 Å². The Kier molecular flexibility index (Phi) is 6.73. The van der Waals surface area contributed by atoms with E-state index in [1.807, 2.05) is 82.3 Å². The van der Waals surface area contributed by atoms with E-state index in [1.165, 1.54) is 0 Å². The van der Waals surface area contributed by atoms with E-state index in [1.54, 1.807) is 0 Å². The zero-order chi connectivity index (χ0) is 23.5. The first-order chi connectivity index (χ1) is 15.8. The topological polar surface area (TPSA) is 47.9 Å². The molecule has 174 valence electrons. The third-order valence-corrected chi connectivity index (χ3v) is 6.63. The van der Waals surface area contributed by atoms with E-state index in [4.69, 9.17) is 14.2 Å². The van der Waals surface area contributed by atoms with Crippen molar-refractivity contribution in [3.8, 4) is 0 Å². The third kappa shape index (κ3) is 4.62. The number of hydrogen-bond acceptors (Lipinski definition) is 4. The Morgan fingerprint density at radius 2 is 1.27 bits per heavy atom. The summed E-state index contributed by atoms with van der Waals surface area (Å²) in [5, 5.41) is 11.9. The van der Waals surface area contributed by atoms with Crippen LogP contribution in [0.2, 0.25) is 0 Å². The lowest BCUT2D eigenvalue weighted by Crippen LogP contribution is -2.54. The predicted octanol–water partition coefficient (Wildman–Crippen LogP) is 5.53. The summed E-state index contributed by atoms with van der Waals surface area (Å²) in [5.74, 6) is -0.844. The molecule has 1 N–H and O–H groups in total. The summed E-state index contributed by atoms with van der Waals surface area (Å²) in [6.45, 7) is 8.13. The molecule has 3 aromatic carbocycles. The molecular weight excluding hydrogens is 412 g/mol. The van der Waals surface area contributed by atoms with Gasteiger partial charge >= 0.3 is 0 Å². The maximum Gasteiger partial charge on any atom is 0.163 e. The fourth-order valence-electron chi connectivity index (χ4n) is 4.56. The van der Waals surface area contributed by atoms with Crippen LogP contribution in [0, 0.1) is 5.92 Å². The molecule has 1 aliphatic rings. The molecular formula is C29H34O4. The predicted molar refractivity (Wildman–Crippen MR) is 130 cm³/mol. The Morgan fingerprint density at radius 3 is 1.61 bits per heavy atom. The van der Waals surface area contributed by atoms with Gasteiger partial charge in [-0.15, -0.1) is 0 Å². The van der Waals surface area contributed by atoms with Crippen LogP contribution < -0.4 is 0 Å². The van der Waals surface area contributed by atoms with Crippen molar-refractivity contribution in [3.63, 3.8) is 0 Å². The van der Waals surface area contributed by atoms with Gasteiger partial charge in [0.1, 0.15) is 17.3 Å². The molecule has 4 heteroatoms. The Bertz CT molecular complexity index is 921. The summed E-state index contributed by atoms with van der Waals surface area (Å²) in [4.78, 5) is 0. The lowest BCUT2D eigenvalue weighted by Gasteiger charge is -2.42. The van der Waals surface area contributed by atoms with Gasteiger partial charge in [0.25, 0.3) is 0 Å². The van der Waals surface area contributed by atoms with Crippen LogP contribution in [0.3, 0.4) is 0 Å². The van der Waals surface area contributed by atoms with Gasteiger partial charge < -0.3 is 19.3 Å². The van der Waals surface area contributed by atoms with Gasteiger partial charge in [-0.3, -0.25) is 0 Å². The summed E-state index contributed by atoms with van der Waals surface area (Å²) in [6, 6.07) is 30.6. The highest BCUT2D eigenvalue weighted by atomic mass is 16.7. The second-order valence-corrected chi connectivity index (χ2v) is 9.53. The van der Waals surface area contributed by atoms with Gasteiger partial charge in [0.05, 0.1) is 13.2 Å². The number of aliphatic hydroxyl groups is 1. The van der Waals surface area contributed by atoms with Crippen molar-refractivity contribution < 1.29 is 19.3 Å². The molecule has 4 nitrogen and oxygen atoms in total. The first-order valence-corrected chi connectivity index (χ1v) is 11.6. The molecule has 0 amide bonds. The van der Waals surface area contributed by atoms with E-state index in [-0.39, 0.29) is 12.5 Å². The number of ether oxygens (including phenoxy) is 3. The first kappa shape index (κ1) is 23.7. The molecule has 0 unspecified atom stereocenters. The van der Waals surface area contributed by atoms with Crippen LogP contribution in [0.25, 0.3) is 0 Å². The Morgan fingerprint density at radius 1 is 0.848 bits per heavy atom. The van der Waals surface area contributed by atoms with Crippen LogP contribution in [0.4, 0.5) is 0 Å². The summed E-state index contributed by atoms with van der Waals surface area (Å²) in [6.07, 6.45) is -0.493. The molecule has 0 bridgehead atoms. The third-order valence-electron chi connectivity index (χ3n) is 6.63. The molecule has 0 aliphatic carbocycles. The molecule has 0 radical (unpaired) electrons. The van der Waals surface area contributed by atoms with E-state index in [2.05, 4.69) is 36.4 Å². The van der Waals surface area contributed by atoms with Crippen molar-refractivity contribution in [2.75, 3.05) is 13.2 Å². The number of hydrogen-bond donors (Lipinski definition) is 1. The highest BCUT2D eigenvalue weighted by Crippen LogP contribution is 2.43. The van der Waals surface area contributed by atoms with Crippen LogP contribution in [-0.2, 0) is 19.8 Å². The molecule has 33 heavy (non-hydrogen) atoms. The van der Waals surface area contributed by atoms with Crippen molar-refractivity contribution in [2.45, 2.75) is 50.8 Å². The normalized spacial score (nSPS) is 20.0. The second-order valence-electron chi connectivity index (χ2n) is 9.53. The molecule has 1 fully saturated rings. The lowest BCUT2D eigenvalue weighted by molar-refractivity contribution is -0.202. The summed E-state index contributed by atoms with van der Waals surface area (Å²) in [7, 11) is 0. The summed E-state index contributed by atoms with van der Waals surface area (Å²) < 4.78 is 18.8. The molecule has 1 saturated heterocycles. The highest BCUT2D eigenvalue weighted by molar-refractivity contribution is 5.47. The number of rotatable bonds is 8. The average Bonchev–Trinajstić information content (AvgIpc) is 3.21. The Labute approximate surface area is 197 Å². The molecule has 4 rings (SSSR count). The minimum Gasteiger partial charge on any atom is -0.384 e. The van der Waals surface area contributed by atoms with E-state index in [0.29, 0.717) is 6.61 Å². The van der Waals surface area contributed by atoms with Gasteiger partial charge in [0, 0.05) is 0 Å². The smallest absolute Gasteiger partial charge is 0.163 e. The quantitative estimate of drug-likeness (QED) is 0.462. The molecule has 1 aliphatic heterocycles. The molecule has 0 aromatic heterocycles. The van der Waals surface area contributed by atoms with Gasteiger partial charge in [-0.2, -0.15) is 0 Å². The average molecular weight is 447 g/mol. The second kappa shape index (κ2) is 9.40. The van der Waals surface area contributed by atoms with E-state index < -0.39 is 23.1 Å². The largest absolute Gasteiger partial charge is 0.384 e. The first-order valence-electron chi connectivity index (χ1n) is 11.6. The number of benzene rings is 3. The van der Waals surface area contributed by atoms with E-state index in [9.17, 15) is 5.11 Å². The summed E-state index contributed by atoms with van der Waals surface area (Å²) in [5.41, 5.74) is 0.853. The standard InChI is InChI=1S/C29H34O4/c1-22(2)28(30,26-20-31-27(3,4)33-26)21-32-29(23-14-8-5-9-15-23,24-16-10-6-11-17-24)25-18-12-7-13-19-25/h5-19,22,26,30H,20-21H2,1-4H3/t26-,28+/m0/s1. The minimum absolute atomic E-state index is 0.0768. The van der Waals surface area contributed by atoms with Gasteiger partial charge in [0.2, 0.25) is 0 Å². The van der Waals surface area contributed by atoms with Crippen molar-refractivity contribution in [1.29, 1.82) is 0 Å². The van der Waals surface area contributed by atoms with Crippen LogP contribution in [0.1, 0.15) is 44.4 Å². The van der Waals surface area contributed by atoms with Crippen LogP contribution >= 0.6 is 0 Å². The molecule has 0 spiro atoms. The van der Waals surface area contributed by atoms with E-state index >= 15 is 0 Å². The van der Waals surface area contributed by atoms with Crippen molar-refractivity contribution in [3.05, 3.63) is 108 Å². The van der Waals surface area contributed by atoms with E-state index in [0.717, 1.165) is 16.7 Å². The maximum atomic E-state index is 11.9. The fraction of sp³-hybridized carbons (Fsp3) is 0.379. The molecule has 0 saturated carbocycles. The SMILES string of the molecule is CC(C)[C@](O)(COC(c1ccccc1)(c1ccccc1)c1ccccc1)[C@@H]1COC(C)(C)O1. The molecule has 3 aromatic rings. The Hall–Kier alpha value is -2.50. The van der Waals surface area contributed by atoms with Crippen molar-refractivity contribution in [1.82, 2.24) is 0 Å². The molecule has 2 atom stereocenters. The monoisotopic (exact) mass is 446 g/mol. The minimum atomic E-state index is -1.24. The van der Waals surface area contributed by atoms with Crippen LogP contribution in [-0.4, -0.2) is 35.8 Å². The highest BCUT2D eigenvalue weighted by Gasteiger charge is 2.50. The van der Waals surface area contributed by atoms with Gasteiger partial charge in [0.15, 0.2) is 5.79 Å².